The van der Waals surface area contributed by atoms with Gasteiger partial charge >= 0.3 is 5.97 Å². The quantitative estimate of drug-likeness (QED) is 0.340. The van der Waals surface area contributed by atoms with Crippen LogP contribution in [0.1, 0.15) is 10.5 Å². The minimum Gasteiger partial charge on any atom is -0.464 e. The molecule has 0 saturated heterocycles. The molecule has 30 heavy (non-hydrogen) atoms. The summed E-state index contributed by atoms with van der Waals surface area (Å²) in [6.45, 7) is 0. The number of hydrogen-bond donors (Lipinski definition) is 1. The summed E-state index contributed by atoms with van der Waals surface area (Å²) < 4.78 is 20.2. The van der Waals surface area contributed by atoms with Gasteiger partial charge in [0.15, 0.2) is 0 Å². The normalized spacial score (nSPS) is 10.8. The number of esters is 1. The summed E-state index contributed by atoms with van der Waals surface area (Å²) >= 11 is 12.3. The van der Waals surface area contributed by atoms with Gasteiger partial charge in [0, 0.05) is 21.7 Å². The fraction of sp³-hybridized carbons (Fsp3) is 0.0417. The van der Waals surface area contributed by atoms with E-state index in [9.17, 15) is 4.79 Å². The van der Waals surface area contributed by atoms with Gasteiger partial charge in [-0.3, -0.25) is 0 Å². The Bertz CT molecular complexity index is 1240. The molecule has 4 rings (SSSR count). The third kappa shape index (κ3) is 3.60. The second-order valence-corrected chi connectivity index (χ2v) is 7.44. The largest absolute Gasteiger partial charge is 0.464 e. The maximum Gasteiger partial charge on any atom is 0.355 e. The van der Waals surface area contributed by atoms with Gasteiger partial charge in [0.2, 0.25) is 0 Å². The summed E-state index contributed by atoms with van der Waals surface area (Å²) in [7, 11) is 1.30. The highest BCUT2D eigenvalue weighted by molar-refractivity contribution is 6.31. The molecule has 4 aromatic rings. The second kappa shape index (κ2) is 8.34. The van der Waals surface area contributed by atoms with Crippen LogP contribution in [0.4, 0.5) is 4.39 Å². The Morgan fingerprint density at radius 2 is 1.60 bits per heavy atom. The molecule has 0 aliphatic rings. The Labute approximate surface area is 183 Å². The summed E-state index contributed by atoms with van der Waals surface area (Å²) in [6.07, 6.45) is 0. The Morgan fingerprint density at radius 1 is 0.900 bits per heavy atom. The van der Waals surface area contributed by atoms with Crippen molar-refractivity contribution < 1.29 is 13.9 Å². The molecule has 0 amide bonds. The van der Waals surface area contributed by atoms with Gasteiger partial charge in [-0.2, -0.15) is 0 Å². The number of carbonyl (C=O) groups is 1. The van der Waals surface area contributed by atoms with E-state index in [0.717, 1.165) is 5.56 Å². The number of carbonyl (C=O) groups excluding carboxylic acids is 1. The molecule has 0 fully saturated rings. The first-order chi connectivity index (χ1) is 14.5. The highest BCUT2D eigenvalue weighted by Crippen LogP contribution is 2.44. The minimum absolute atomic E-state index is 0.00984. The molecular weight excluding hydrogens is 424 g/mol. The van der Waals surface area contributed by atoms with E-state index in [1.54, 1.807) is 30.3 Å². The average molecular weight is 440 g/mol. The van der Waals surface area contributed by atoms with Gasteiger partial charge in [0.25, 0.3) is 0 Å². The van der Waals surface area contributed by atoms with Gasteiger partial charge in [-0.1, -0.05) is 77.8 Å². The van der Waals surface area contributed by atoms with Crippen molar-refractivity contribution in [3.05, 3.63) is 94.4 Å². The van der Waals surface area contributed by atoms with E-state index in [2.05, 4.69) is 4.98 Å². The van der Waals surface area contributed by atoms with Crippen LogP contribution in [0.15, 0.2) is 72.8 Å². The highest BCUT2D eigenvalue weighted by atomic mass is 35.5. The van der Waals surface area contributed by atoms with Crippen LogP contribution < -0.4 is 0 Å². The number of aromatic nitrogens is 1. The zero-order chi connectivity index (χ0) is 21.3. The Balaban J connectivity index is 2.15. The number of benzene rings is 3. The molecule has 0 aliphatic carbocycles. The maximum absolute atomic E-state index is 15.2. The molecule has 150 valence electrons. The average Bonchev–Trinajstić information content (AvgIpc) is 3.16. The monoisotopic (exact) mass is 439 g/mol. The van der Waals surface area contributed by atoms with Gasteiger partial charge in [-0.05, 0) is 29.3 Å². The van der Waals surface area contributed by atoms with Crippen molar-refractivity contribution in [2.45, 2.75) is 0 Å². The summed E-state index contributed by atoms with van der Waals surface area (Å²) in [5.41, 5.74) is 3.47. The molecule has 0 saturated carbocycles. The maximum atomic E-state index is 15.2. The summed E-state index contributed by atoms with van der Waals surface area (Å²) in [5.74, 6) is -1.15. The predicted molar refractivity (Wildman–Crippen MR) is 118 cm³/mol. The van der Waals surface area contributed by atoms with E-state index in [1.807, 2.05) is 36.4 Å². The topological polar surface area (TPSA) is 42.1 Å². The number of nitrogens with one attached hydrogen (secondary N) is 1. The highest BCUT2D eigenvalue weighted by Gasteiger charge is 2.27. The van der Waals surface area contributed by atoms with E-state index in [0.29, 0.717) is 27.4 Å². The summed E-state index contributed by atoms with van der Waals surface area (Å²) in [5, 5.41) is 0.479. The van der Waals surface area contributed by atoms with Crippen LogP contribution in [0, 0.1) is 5.82 Å². The molecular formula is C24H16Cl2FNO2. The van der Waals surface area contributed by atoms with Crippen LogP contribution in [0.3, 0.4) is 0 Å². The lowest BCUT2D eigenvalue weighted by Gasteiger charge is -2.11. The van der Waals surface area contributed by atoms with Gasteiger partial charge in [-0.25, -0.2) is 9.18 Å². The molecule has 0 unspecified atom stereocenters. The van der Waals surface area contributed by atoms with Crippen LogP contribution in [-0.4, -0.2) is 18.1 Å². The molecule has 1 aromatic heterocycles. The van der Waals surface area contributed by atoms with Gasteiger partial charge in [0.1, 0.15) is 11.5 Å². The number of rotatable bonds is 4. The smallest absolute Gasteiger partial charge is 0.355 e. The summed E-state index contributed by atoms with van der Waals surface area (Å²) in [4.78, 5) is 15.8. The number of halogens is 3. The zero-order valence-corrected chi connectivity index (χ0v) is 17.4. The van der Waals surface area contributed by atoms with Gasteiger partial charge < -0.3 is 9.72 Å². The molecule has 3 aromatic carbocycles. The number of ether oxygens (including phenoxy) is 1. The first-order valence-corrected chi connectivity index (χ1v) is 9.87. The number of methoxy groups -OCH3 is 1. The minimum atomic E-state index is -0.574. The van der Waals surface area contributed by atoms with Crippen molar-refractivity contribution in [3.63, 3.8) is 0 Å². The van der Waals surface area contributed by atoms with Crippen LogP contribution >= 0.6 is 23.2 Å². The molecule has 1 heterocycles. The summed E-state index contributed by atoms with van der Waals surface area (Å²) in [6, 6.07) is 21.2. The van der Waals surface area contributed by atoms with Crippen molar-refractivity contribution in [3.8, 4) is 33.5 Å². The van der Waals surface area contributed by atoms with Crippen molar-refractivity contribution in [2.24, 2.45) is 0 Å². The second-order valence-electron chi connectivity index (χ2n) is 6.59. The van der Waals surface area contributed by atoms with Crippen LogP contribution in [0.25, 0.3) is 33.5 Å². The lowest BCUT2D eigenvalue weighted by molar-refractivity contribution is 0.0596. The number of H-pyrrole nitrogens is 1. The molecule has 0 radical (unpaired) electrons. The molecule has 1 N–H and O–H groups in total. The standard InChI is InChI=1S/C24H16Cl2FNO2/c1-30-24(29)23-19(15-9-5-10-16(25)13-15)20(17-11-6-12-18(26)21(17)27)22(28-23)14-7-3-2-4-8-14/h2-13,28H,1H3. The molecule has 0 bridgehead atoms. The van der Waals surface area contributed by atoms with E-state index < -0.39 is 11.8 Å². The SMILES string of the molecule is COC(=O)c1[nH]c(-c2ccccc2)c(-c2cccc(Cl)c2F)c1-c1cccc(Cl)c1. The van der Waals surface area contributed by atoms with Gasteiger partial charge in [0.05, 0.1) is 17.8 Å². The Hall–Kier alpha value is -3.08. The van der Waals surface area contributed by atoms with Crippen LogP contribution in [-0.2, 0) is 4.74 Å². The predicted octanol–water partition coefficient (Wildman–Crippen LogP) is 7.25. The van der Waals surface area contributed by atoms with E-state index in [4.69, 9.17) is 27.9 Å². The van der Waals surface area contributed by atoms with E-state index in [-0.39, 0.29) is 16.3 Å². The number of aromatic amines is 1. The molecule has 0 atom stereocenters. The molecule has 3 nitrogen and oxygen atoms in total. The van der Waals surface area contributed by atoms with Crippen LogP contribution in [0.2, 0.25) is 10.0 Å². The molecule has 0 aliphatic heterocycles. The van der Waals surface area contributed by atoms with Crippen molar-refractivity contribution in [1.29, 1.82) is 0 Å². The lowest BCUT2D eigenvalue weighted by atomic mass is 9.92. The Morgan fingerprint density at radius 3 is 2.30 bits per heavy atom. The zero-order valence-electron chi connectivity index (χ0n) is 15.9. The number of hydrogen-bond acceptors (Lipinski definition) is 2. The first-order valence-electron chi connectivity index (χ1n) is 9.11. The molecule has 0 spiro atoms. The first kappa shape index (κ1) is 20.2. The van der Waals surface area contributed by atoms with Crippen LogP contribution in [0.5, 0.6) is 0 Å². The van der Waals surface area contributed by atoms with E-state index in [1.165, 1.54) is 13.2 Å². The van der Waals surface area contributed by atoms with Gasteiger partial charge in [-0.15, -0.1) is 0 Å². The fourth-order valence-electron chi connectivity index (χ4n) is 3.48. The fourth-order valence-corrected chi connectivity index (χ4v) is 3.84. The van der Waals surface area contributed by atoms with E-state index >= 15 is 4.39 Å². The molecule has 6 heteroatoms. The van der Waals surface area contributed by atoms with Crippen molar-refractivity contribution in [2.75, 3.05) is 7.11 Å². The van der Waals surface area contributed by atoms with Crippen molar-refractivity contribution in [1.82, 2.24) is 4.98 Å². The Kier molecular flexibility index (Phi) is 5.62. The third-order valence-electron chi connectivity index (χ3n) is 4.79. The van der Waals surface area contributed by atoms with Crippen molar-refractivity contribution >= 4 is 29.2 Å². The third-order valence-corrected chi connectivity index (χ3v) is 5.31. The lowest BCUT2D eigenvalue weighted by Crippen LogP contribution is -2.03.